The van der Waals surface area contributed by atoms with Crippen molar-refractivity contribution >= 4 is 6.02 Å². The first-order chi connectivity index (χ1) is 13.9. The fourth-order valence-electron chi connectivity index (χ4n) is 3.59. The van der Waals surface area contributed by atoms with Crippen molar-refractivity contribution < 1.29 is 18.3 Å². The molecule has 1 aliphatic rings. The van der Waals surface area contributed by atoms with Gasteiger partial charge in [0.15, 0.2) is 5.54 Å². The Kier molecular flexibility index (Phi) is 4.66. The van der Waals surface area contributed by atoms with Gasteiger partial charge in [-0.05, 0) is 53.9 Å². The second kappa shape index (κ2) is 7.16. The van der Waals surface area contributed by atoms with E-state index >= 15 is 0 Å². The summed E-state index contributed by atoms with van der Waals surface area (Å²) in [6, 6.07) is 11.6. The topological polar surface area (TPSA) is 69.7 Å². The molecule has 0 saturated carbocycles. The molecule has 1 aliphatic heterocycles. The van der Waals surface area contributed by atoms with Gasteiger partial charge < -0.3 is 15.2 Å². The third kappa shape index (κ3) is 3.29. The number of amidine groups is 1. The van der Waals surface area contributed by atoms with Crippen molar-refractivity contribution in [3.63, 3.8) is 0 Å². The molecule has 4 rings (SSSR count). The van der Waals surface area contributed by atoms with Gasteiger partial charge in [0.05, 0.1) is 13.3 Å². The van der Waals surface area contributed by atoms with Crippen molar-refractivity contribution in [3.05, 3.63) is 83.2 Å². The quantitative estimate of drug-likeness (QED) is 0.727. The van der Waals surface area contributed by atoms with Gasteiger partial charge in [0.2, 0.25) is 0 Å². The monoisotopic (exact) mass is 395 g/mol. The van der Waals surface area contributed by atoms with Crippen LogP contribution >= 0.6 is 0 Å². The highest BCUT2D eigenvalue weighted by molar-refractivity contribution is 5.76. The van der Waals surface area contributed by atoms with Crippen LogP contribution in [0.3, 0.4) is 0 Å². The molecule has 0 unspecified atom stereocenters. The first kappa shape index (κ1) is 18.9. The van der Waals surface area contributed by atoms with Gasteiger partial charge in [-0.15, -0.1) is 0 Å². The third-order valence-electron chi connectivity index (χ3n) is 5.06. The van der Waals surface area contributed by atoms with Gasteiger partial charge in [0.1, 0.15) is 24.0 Å². The van der Waals surface area contributed by atoms with E-state index in [0.29, 0.717) is 11.1 Å². The van der Waals surface area contributed by atoms with E-state index in [-0.39, 0.29) is 18.2 Å². The molecule has 0 fully saturated rings. The zero-order valence-corrected chi connectivity index (χ0v) is 15.9. The number of benzene rings is 2. The molecule has 2 N–H and O–H groups in total. The Bertz CT molecular complexity index is 1120. The number of pyridine rings is 1. The van der Waals surface area contributed by atoms with E-state index in [9.17, 15) is 8.78 Å². The lowest BCUT2D eigenvalue weighted by Crippen LogP contribution is -2.27. The van der Waals surface area contributed by atoms with Gasteiger partial charge in [-0.3, -0.25) is 4.98 Å². The normalized spacial score (nSPS) is 18.3. The molecule has 29 heavy (non-hydrogen) atoms. The minimum absolute atomic E-state index is 0.0526. The van der Waals surface area contributed by atoms with Crippen LogP contribution < -0.4 is 10.5 Å². The van der Waals surface area contributed by atoms with Gasteiger partial charge in [0.25, 0.3) is 6.02 Å². The molecule has 7 heteroatoms. The third-order valence-corrected chi connectivity index (χ3v) is 5.06. The summed E-state index contributed by atoms with van der Waals surface area (Å²) < 4.78 is 39.1. The average Bonchev–Trinajstić information content (AvgIpc) is 3.11. The number of methoxy groups -OCH3 is 1. The van der Waals surface area contributed by atoms with Gasteiger partial charge >= 0.3 is 0 Å². The number of hydrogen-bond donors (Lipinski definition) is 1. The van der Waals surface area contributed by atoms with Crippen molar-refractivity contribution in [1.82, 2.24) is 4.98 Å². The highest BCUT2D eigenvalue weighted by Gasteiger charge is 2.40. The van der Waals surface area contributed by atoms with Crippen LogP contribution in [0.1, 0.15) is 16.7 Å². The van der Waals surface area contributed by atoms with Gasteiger partial charge in [-0.1, -0.05) is 12.1 Å². The second-order valence-corrected chi connectivity index (χ2v) is 6.87. The SMILES string of the molecule is COc1ccc([C@]2(c3ccc(F)c(-c4cncc(F)c4)c3)COC(N)=N2)cc1C. The van der Waals surface area contributed by atoms with Crippen LogP contribution in [0.4, 0.5) is 8.78 Å². The number of nitrogens with zero attached hydrogens (tertiary/aromatic N) is 2. The molecule has 1 atom stereocenters. The Morgan fingerprint density at radius 3 is 2.48 bits per heavy atom. The maximum atomic E-state index is 14.6. The zero-order valence-electron chi connectivity index (χ0n) is 15.9. The minimum Gasteiger partial charge on any atom is -0.496 e. The van der Waals surface area contributed by atoms with E-state index in [4.69, 9.17) is 15.2 Å². The Balaban J connectivity index is 1.90. The van der Waals surface area contributed by atoms with Crippen molar-refractivity contribution in [2.75, 3.05) is 13.7 Å². The van der Waals surface area contributed by atoms with Crippen molar-refractivity contribution in [1.29, 1.82) is 0 Å². The van der Waals surface area contributed by atoms with E-state index < -0.39 is 17.2 Å². The van der Waals surface area contributed by atoms with Crippen LogP contribution in [-0.4, -0.2) is 24.7 Å². The molecule has 2 heterocycles. The second-order valence-electron chi connectivity index (χ2n) is 6.87. The Labute approximate surface area is 166 Å². The maximum Gasteiger partial charge on any atom is 0.283 e. The van der Waals surface area contributed by atoms with E-state index in [2.05, 4.69) is 9.98 Å². The predicted molar refractivity (Wildman–Crippen MR) is 106 cm³/mol. The van der Waals surface area contributed by atoms with Gasteiger partial charge in [0, 0.05) is 17.3 Å². The number of ether oxygens (including phenoxy) is 2. The highest BCUT2D eigenvalue weighted by Crippen LogP contribution is 2.40. The Hall–Kier alpha value is -3.48. The molecule has 148 valence electrons. The van der Waals surface area contributed by atoms with Crippen LogP contribution in [0.25, 0.3) is 11.1 Å². The summed E-state index contributed by atoms with van der Waals surface area (Å²) in [4.78, 5) is 8.38. The van der Waals surface area contributed by atoms with Crippen molar-refractivity contribution in [2.45, 2.75) is 12.5 Å². The minimum atomic E-state index is -0.954. The molecule has 0 spiro atoms. The lowest BCUT2D eigenvalue weighted by Gasteiger charge is -2.26. The number of nitrogens with two attached hydrogens (primary N) is 1. The van der Waals surface area contributed by atoms with Gasteiger partial charge in [-0.2, -0.15) is 0 Å². The lowest BCUT2D eigenvalue weighted by molar-refractivity contribution is 0.278. The summed E-state index contributed by atoms with van der Waals surface area (Å²) in [6.45, 7) is 2.09. The van der Waals surface area contributed by atoms with Crippen molar-refractivity contribution in [2.24, 2.45) is 10.7 Å². The number of aryl methyl sites for hydroxylation is 1. The fourth-order valence-corrected chi connectivity index (χ4v) is 3.59. The fraction of sp³-hybridized carbons (Fsp3) is 0.182. The molecule has 2 aromatic carbocycles. The molecule has 0 aliphatic carbocycles. The number of halogens is 2. The Morgan fingerprint density at radius 1 is 1.07 bits per heavy atom. The molecule has 0 amide bonds. The molecular formula is C22H19F2N3O2. The summed E-state index contributed by atoms with van der Waals surface area (Å²) in [7, 11) is 1.60. The van der Waals surface area contributed by atoms with Gasteiger partial charge in [-0.25, -0.2) is 13.8 Å². The van der Waals surface area contributed by atoms with Crippen LogP contribution in [0, 0.1) is 18.6 Å². The average molecular weight is 395 g/mol. The standard InChI is InChI=1S/C22H19F2N3O2/c1-13-7-15(4-6-20(13)28-2)22(12-29-21(25)27-22)16-3-5-19(24)18(9-16)14-8-17(23)11-26-10-14/h3-11H,12H2,1-2H3,(H2,25,27)/t22-/m0/s1. The Morgan fingerprint density at radius 2 is 1.83 bits per heavy atom. The number of aromatic nitrogens is 1. The molecule has 0 radical (unpaired) electrons. The zero-order chi connectivity index (χ0) is 20.6. The summed E-state index contributed by atoms with van der Waals surface area (Å²) in [6.07, 6.45) is 2.49. The predicted octanol–water partition coefficient (Wildman–Crippen LogP) is 3.93. The molecule has 0 bridgehead atoms. The molecule has 1 aromatic heterocycles. The molecule has 5 nitrogen and oxygen atoms in total. The summed E-state index contributed by atoms with van der Waals surface area (Å²) in [5, 5.41) is 0. The van der Waals surface area contributed by atoms with E-state index in [0.717, 1.165) is 23.1 Å². The number of aliphatic imine (C=N–C) groups is 1. The smallest absolute Gasteiger partial charge is 0.283 e. The first-order valence-electron chi connectivity index (χ1n) is 8.97. The van der Waals surface area contributed by atoms with E-state index in [1.807, 2.05) is 25.1 Å². The lowest BCUT2D eigenvalue weighted by atomic mass is 9.82. The first-order valence-corrected chi connectivity index (χ1v) is 8.97. The maximum absolute atomic E-state index is 14.6. The highest BCUT2D eigenvalue weighted by atomic mass is 19.1. The van der Waals surface area contributed by atoms with Crippen LogP contribution in [0.2, 0.25) is 0 Å². The number of hydrogen-bond acceptors (Lipinski definition) is 5. The van der Waals surface area contributed by atoms with E-state index in [1.165, 1.54) is 18.3 Å². The number of rotatable bonds is 4. The molecular weight excluding hydrogens is 376 g/mol. The van der Waals surface area contributed by atoms with Crippen molar-refractivity contribution in [3.8, 4) is 16.9 Å². The van der Waals surface area contributed by atoms with E-state index in [1.54, 1.807) is 19.2 Å². The molecule has 3 aromatic rings. The summed E-state index contributed by atoms with van der Waals surface area (Å²) in [5.41, 5.74) is 7.86. The van der Waals surface area contributed by atoms with Crippen LogP contribution in [-0.2, 0) is 10.3 Å². The van der Waals surface area contributed by atoms with Crippen LogP contribution in [0.15, 0.2) is 59.9 Å². The summed E-state index contributed by atoms with van der Waals surface area (Å²) >= 11 is 0. The summed E-state index contributed by atoms with van der Waals surface area (Å²) in [5.74, 6) is -0.289. The molecule has 0 saturated heterocycles. The van der Waals surface area contributed by atoms with Crippen LogP contribution in [0.5, 0.6) is 5.75 Å². The largest absolute Gasteiger partial charge is 0.496 e.